The molecule has 1 aliphatic carbocycles. The van der Waals surface area contributed by atoms with E-state index in [1.165, 1.54) is 16.7 Å². The first-order valence-electron chi connectivity index (χ1n) is 6.60. The van der Waals surface area contributed by atoms with Crippen molar-refractivity contribution in [3.63, 3.8) is 0 Å². The lowest BCUT2D eigenvalue weighted by atomic mass is 9.90. The van der Waals surface area contributed by atoms with Crippen molar-refractivity contribution in [3.05, 3.63) is 70.8 Å². The zero-order valence-corrected chi connectivity index (χ0v) is 10.7. The molecule has 18 heavy (non-hydrogen) atoms. The number of hydrogen-bond donors (Lipinski definition) is 1. The quantitative estimate of drug-likeness (QED) is 0.851. The lowest BCUT2D eigenvalue weighted by molar-refractivity contribution is 0.0482. The molecule has 0 aliphatic heterocycles. The Labute approximate surface area is 108 Å². The molecule has 3 rings (SSSR count). The number of hydrogen-bond acceptors (Lipinski definition) is 1. The molecular weight excluding hydrogens is 220 g/mol. The topological polar surface area (TPSA) is 20.2 Å². The van der Waals surface area contributed by atoms with Crippen molar-refractivity contribution in [3.8, 4) is 0 Å². The first kappa shape index (κ1) is 11.5. The summed E-state index contributed by atoms with van der Waals surface area (Å²) in [6.07, 6.45) is 2.50. The Kier molecular flexibility index (Phi) is 2.71. The maximum atomic E-state index is 10.8. The zero-order chi connectivity index (χ0) is 12.6. The van der Waals surface area contributed by atoms with E-state index in [1.54, 1.807) is 0 Å². The van der Waals surface area contributed by atoms with Gasteiger partial charge in [0, 0.05) is 12.8 Å². The Hall–Kier alpha value is -1.60. The zero-order valence-electron chi connectivity index (χ0n) is 10.7. The molecule has 2 aromatic carbocycles. The van der Waals surface area contributed by atoms with E-state index in [0.29, 0.717) is 0 Å². The van der Waals surface area contributed by atoms with Gasteiger partial charge < -0.3 is 5.11 Å². The fraction of sp³-hybridized carbons (Fsp3) is 0.294. The number of benzene rings is 2. The van der Waals surface area contributed by atoms with Gasteiger partial charge >= 0.3 is 0 Å². The predicted octanol–water partition coefficient (Wildman–Crippen LogP) is 3.24. The van der Waals surface area contributed by atoms with Gasteiger partial charge in [0.1, 0.15) is 0 Å². The van der Waals surface area contributed by atoms with E-state index in [1.807, 2.05) is 12.1 Å². The molecular formula is C17H18O. The number of rotatable bonds is 2. The van der Waals surface area contributed by atoms with Gasteiger partial charge in [-0.15, -0.1) is 0 Å². The van der Waals surface area contributed by atoms with Crippen LogP contribution in [0.4, 0.5) is 0 Å². The van der Waals surface area contributed by atoms with Crippen LogP contribution >= 0.6 is 0 Å². The molecule has 0 atom stereocenters. The van der Waals surface area contributed by atoms with E-state index < -0.39 is 5.60 Å². The van der Waals surface area contributed by atoms with Gasteiger partial charge in [-0.05, 0) is 28.7 Å². The Bertz CT molecular complexity index is 529. The average Bonchev–Trinajstić information content (AvgIpc) is 2.76. The van der Waals surface area contributed by atoms with E-state index in [9.17, 15) is 5.11 Å². The molecule has 1 nitrogen and oxygen atoms in total. The molecule has 1 N–H and O–H groups in total. The fourth-order valence-electron chi connectivity index (χ4n) is 2.85. The molecule has 1 heteroatoms. The Morgan fingerprint density at radius 2 is 1.50 bits per heavy atom. The van der Waals surface area contributed by atoms with E-state index in [0.717, 1.165) is 24.8 Å². The Morgan fingerprint density at radius 1 is 0.944 bits per heavy atom. The summed E-state index contributed by atoms with van der Waals surface area (Å²) >= 11 is 0. The van der Waals surface area contributed by atoms with Crippen LogP contribution in [-0.4, -0.2) is 5.11 Å². The molecule has 2 aromatic rings. The molecule has 0 amide bonds. The minimum atomic E-state index is -0.712. The summed E-state index contributed by atoms with van der Waals surface area (Å²) in [5.41, 5.74) is 4.20. The van der Waals surface area contributed by atoms with Gasteiger partial charge in [0.25, 0.3) is 0 Å². The summed E-state index contributed by atoms with van der Waals surface area (Å²) in [5, 5.41) is 10.8. The Balaban J connectivity index is 1.93. The van der Waals surface area contributed by atoms with Crippen LogP contribution in [-0.2, 0) is 24.9 Å². The number of aryl methyl sites for hydroxylation is 1. The second kappa shape index (κ2) is 4.25. The first-order valence-corrected chi connectivity index (χ1v) is 6.60. The predicted molar refractivity (Wildman–Crippen MR) is 73.6 cm³/mol. The summed E-state index contributed by atoms with van der Waals surface area (Å²) in [5.74, 6) is 0. The maximum absolute atomic E-state index is 10.8. The summed E-state index contributed by atoms with van der Waals surface area (Å²) in [6, 6.07) is 16.7. The van der Waals surface area contributed by atoms with Crippen LogP contribution in [0.25, 0.3) is 0 Å². The fourth-order valence-corrected chi connectivity index (χ4v) is 2.85. The average molecular weight is 238 g/mol. The molecule has 0 radical (unpaired) electrons. The second-order valence-electron chi connectivity index (χ2n) is 5.20. The monoisotopic (exact) mass is 238 g/mol. The summed E-state index contributed by atoms with van der Waals surface area (Å²) in [4.78, 5) is 0. The third-order valence-corrected chi connectivity index (χ3v) is 3.98. The minimum absolute atomic E-state index is 0.712. The summed E-state index contributed by atoms with van der Waals surface area (Å²) in [6.45, 7) is 2.15. The SMILES string of the molecule is CCc1ccc(C2(O)Cc3ccccc3C2)cc1. The first-order chi connectivity index (χ1) is 8.71. The van der Waals surface area contributed by atoms with Gasteiger partial charge in [-0.1, -0.05) is 55.5 Å². The van der Waals surface area contributed by atoms with Gasteiger partial charge in [-0.25, -0.2) is 0 Å². The maximum Gasteiger partial charge on any atom is 0.0977 e. The lowest BCUT2D eigenvalue weighted by Crippen LogP contribution is -2.26. The van der Waals surface area contributed by atoms with Crippen molar-refractivity contribution < 1.29 is 5.11 Å². The van der Waals surface area contributed by atoms with Crippen molar-refractivity contribution in [2.75, 3.05) is 0 Å². The summed E-state index contributed by atoms with van der Waals surface area (Å²) in [7, 11) is 0. The number of fused-ring (bicyclic) bond motifs is 1. The van der Waals surface area contributed by atoms with E-state index in [-0.39, 0.29) is 0 Å². The minimum Gasteiger partial charge on any atom is -0.384 e. The van der Waals surface area contributed by atoms with Crippen molar-refractivity contribution >= 4 is 0 Å². The smallest absolute Gasteiger partial charge is 0.0977 e. The molecule has 0 spiro atoms. The third-order valence-electron chi connectivity index (χ3n) is 3.98. The van der Waals surface area contributed by atoms with Crippen LogP contribution in [0.1, 0.15) is 29.2 Å². The van der Waals surface area contributed by atoms with E-state index >= 15 is 0 Å². The van der Waals surface area contributed by atoms with Crippen molar-refractivity contribution in [2.45, 2.75) is 31.8 Å². The van der Waals surface area contributed by atoms with Crippen LogP contribution in [0.2, 0.25) is 0 Å². The normalized spacial score (nSPS) is 16.6. The molecule has 0 fully saturated rings. The van der Waals surface area contributed by atoms with E-state index in [2.05, 4.69) is 43.3 Å². The standard InChI is InChI=1S/C17H18O/c1-2-13-7-9-16(10-8-13)17(18)11-14-5-3-4-6-15(14)12-17/h3-10,18H,2,11-12H2,1H3. The van der Waals surface area contributed by atoms with Gasteiger partial charge in [0.15, 0.2) is 0 Å². The van der Waals surface area contributed by atoms with Gasteiger partial charge in [-0.3, -0.25) is 0 Å². The molecule has 92 valence electrons. The van der Waals surface area contributed by atoms with Crippen LogP contribution in [0, 0.1) is 0 Å². The molecule has 0 saturated carbocycles. The summed E-state index contributed by atoms with van der Waals surface area (Å²) < 4.78 is 0. The van der Waals surface area contributed by atoms with E-state index in [4.69, 9.17) is 0 Å². The highest BCUT2D eigenvalue weighted by molar-refractivity contribution is 5.40. The van der Waals surface area contributed by atoms with Crippen LogP contribution in [0.15, 0.2) is 48.5 Å². The molecule has 0 aromatic heterocycles. The molecule has 0 saturated heterocycles. The highest BCUT2D eigenvalue weighted by Crippen LogP contribution is 2.37. The van der Waals surface area contributed by atoms with Gasteiger partial charge in [0.05, 0.1) is 5.60 Å². The highest BCUT2D eigenvalue weighted by atomic mass is 16.3. The highest BCUT2D eigenvalue weighted by Gasteiger charge is 2.36. The lowest BCUT2D eigenvalue weighted by Gasteiger charge is -2.23. The van der Waals surface area contributed by atoms with Gasteiger partial charge in [0.2, 0.25) is 0 Å². The third kappa shape index (κ3) is 1.85. The van der Waals surface area contributed by atoms with Crippen molar-refractivity contribution in [1.29, 1.82) is 0 Å². The largest absolute Gasteiger partial charge is 0.384 e. The van der Waals surface area contributed by atoms with Crippen molar-refractivity contribution in [1.82, 2.24) is 0 Å². The second-order valence-corrected chi connectivity index (χ2v) is 5.20. The van der Waals surface area contributed by atoms with Crippen LogP contribution in [0.3, 0.4) is 0 Å². The van der Waals surface area contributed by atoms with Crippen LogP contribution < -0.4 is 0 Å². The molecule has 1 aliphatic rings. The van der Waals surface area contributed by atoms with Crippen LogP contribution in [0.5, 0.6) is 0 Å². The molecule has 0 unspecified atom stereocenters. The Morgan fingerprint density at radius 3 is 2.00 bits per heavy atom. The molecule has 0 heterocycles. The van der Waals surface area contributed by atoms with Gasteiger partial charge in [-0.2, -0.15) is 0 Å². The number of aliphatic hydroxyl groups is 1. The van der Waals surface area contributed by atoms with Crippen molar-refractivity contribution in [2.24, 2.45) is 0 Å². The molecule has 0 bridgehead atoms.